The number of methoxy groups -OCH3 is 1. The fourth-order valence-electron chi connectivity index (χ4n) is 2.58. The van der Waals surface area contributed by atoms with E-state index in [-0.39, 0.29) is 33.4 Å². The average molecular weight is 399 g/mol. The second kappa shape index (κ2) is 7.17. The Labute approximate surface area is 149 Å². The van der Waals surface area contributed by atoms with Crippen molar-refractivity contribution < 1.29 is 21.6 Å². The van der Waals surface area contributed by atoms with Crippen LogP contribution in [0.5, 0.6) is 5.75 Å². The first-order chi connectivity index (χ1) is 10.5. The molecule has 0 spiro atoms. The number of halogens is 1. The fraction of sp³-hybridized carbons (Fsp3) is 0.571. The van der Waals surface area contributed by atoms with Gasteiger partial charge in [0.05, 0.1) is 12.0 Å². The van der Waals surface area contributed by atoms with E-state index in [0.717, 1.165) is 12.3 Å². The molecule has 1 unspecified atom stereocenters. The number of sulfone groups is 1. The molecule has 2 rings (SSSR count). The Hall–Kier alpha value is -0.870. The Morgan fingerprint density at radius 3 is 2.38 bits per heavy atom. The zero-order chi connectivity index (χ0) is 17.5. The summed E-state index contributed by atoms with van der Waals surface area (Å²) in [7, 11) is -6.03. The van der Waals surface area contributed by atoms with Crippen LogP contribution >= 0.6 is 12.4 Å². The van der Waals surface area contributed by atoms with Crippen LogP contribution in [-0.2, 0) is 19.9 Å². The van der Waals surface area contributed by atoms with Crippen molar-refractivity contribution in [2.45, 2.75) is 23.1 Å². The van der Waals surface area contributed by atoms with E-state index in [1.165, 1.54) is 23.5 Å². The smallest absolute Gasteiger partial charge is 0.246 e. The van der Waals surface area contributed by atoms with E-state index in [4.69, 9.17) is 10.5 Å². The molecule has 10 heteroatoms. The van der Waals surface area contributed by atoms with Crippen LogP contribution in [0.4, 0.5) is 0 Å². The van der Waals surface area contributed by atoms with Gasteiger partial charge in [-0.3, -0.25) is 0 Å². The average Bonchev–Trinajstić information content (AvgIpc) is 2.89. The van der Waals surface area contributed by atoms with Crippen LogP contribution in [0.15, 0.2) is 28.0 Å². The Morgan fingerprint density at radius 1 is 1.29 bits per heavy atom. The van der Waals surface area contributed by atoms with E-state index < -0.39 is 19.9 Å². The van der Waals surface area contributed by atoms with Crippen molar-refractivity contribution in [3.8, 4) is 5.75 Å². The molecule has 0 aromatic heterocycles. The van der Waals surface area contributed by atoms with Gasteiger partial charge in [0, 0.05) is 19.3 Å². The summed E-state index contributed by atoms with van der Waals surface area (Å²) in [6.45, 7) is 2.98. The minimum atomic E-state index is -3.86. The summed E-state index contributed by atoms with van der Waals surface area (Å²) in [5, 5.41) is 0. The lowest BCUT2D eigenvalue weighted by molar-refractivity contribution is 0.348. The first kappa shape index (κ1) is 21.2. The van der Waals surface area contributed by atoms with Crippen molar-refractivity contribution in [3.63, 3.8) is 0 Å². The van der Waals surface area contributed by atoms with E-state index in [1.54, 1.807) is 0 Å². The Morgan fingerprint density at radius 2 is 1.92 bits per heavy atom. The van der Waals surface area contributed by atoms with E-state index in [1.807, 2.05) is 6.92 Å². The minimum absolute atomic E-state index is 0. The van der Waals surface area contributed by atoms with Gasteiger partial charge < -0.3 is 10.5 Å². The third-order valence-corrected chi connectivity index (χ3v) is 7.17. The summed E-state index contributed by atoms with van der Waals surface area (Å²) >= 11 is 0. The molecule has 0 saturated carbocycles. The summed E-state index contributed by atoms with van der Waals surface area (Å²) in [6.07, 6.45) is 1.70. The third kappa shape index (κ3) is 4.02. The van der Waals surface area contributed by atoms with Gasteiger partial charge in [-0.2, -0.15) is 4.31 Å². The zero-order valence-corrected chi connectivity index (χ0v) is 16.3. The number of nitrogens with zero attached hydrogens (tertiary/aromatic N) is 1. The number of sulfonamides is 1. The first-order valence-electron chi connectivity index (χ1n) is 7.12. The van der Waals surface area contributed by atoms with Gasteiger partial charge >= 0.3 is 0 Å². The molecule has 138 valence electrons. The van der Waals surface area contributed by atoms with E-state index in [0.29, 0.717) is 26.1 Å². The number of hydrogen-bond acceptors (Lipinski definition) is 6. The van der Waals surface area contributed by atoms with Crippen molar-refractivity contribution in [2.24, 2.45) is 11.1 Å². The SMILES string of the molecule is COc1ccc(S(C)(=O)=O)cc1S(=O)(=O)N1CCC(C)(CN)C1.Cl. The maximum atomic E-state index is 12.9. The van der Waals surface area contributed by atoms with Crippen molar-refractivity contribution in [3.05, 3.63) is 18.2 Å². The Kier molecular flexibility index (Phi) is 6.32. The standard InChI is InChI=1S/C14H22N2O5S2.ClH/c1-14(9-15)6-7-16(10-14)23(19,20)13-8-11(22(3,17)18)4-5-12(13)21-2;/h4-5,8H,6-7,9-10,15H2,1-3H3;1H. The molecule has 1 aliphatic heterocycles. The van der Waals surface area contributed by atoms with Gasteiger partial charge in [0.2, 0.25) is 10.0 Å². The quantitative estimate of drug-likeness (QED) is 0.788. The van der Waals surface area contributed by atoms with Gasteiger partial charge in [-0.1, -0.05) is 6.92 Å². The highest BCUT2D eigenvalue weighted by Crippen LogP contribution is 2.36. The van der Waals surface area contributed by atoms with Crippen LogP contribution in [0.1, 0.15) is 13.3 Å². The van der Waals surface area contributed by atoms with Gasteiger partial charge in [-0.05, 0) is 36.6 Å². The van der Waals surface area contributed by atoms with Crippen LogP contribution in [0.3, 0.4) is 0 Å². The Bertz CT molecular complexity index is 810. The first-order valence-corrected chi connectivity index (χ1v) is 10.4. The van der Waals surface area contributed by atoms with E-state index in [9.17, 15) is 16.8 Å². The van der Waals surface area contributed by atoms with Crippen LogP contribution < -0.4 is 10.5 Å². The molecule has 0 bridgehead atoms. The molecule has 7 nitrogen and oxygen atoms in total. The second-order valence-electron chi connectivity index (χ2n) is 6.19. The normalized spacial score (nSPS) is 22.2. The second-order valence-corrected chi connectivity index (χ2v) is 10.1. The highest BCUT2D eigenvalue weighted by molar-refractivity contribution is 7.91. The molecule has 0 radical (unpaired) electrons. The summed E-state index contributed by atoms with van der Waals surface area (Å²) in [5.41, 5.74) is 5.45. The lowest BCUT2D eigenvalue weighted by Crippen LogP contribution is -2.34. The molecule has 1 saturated heterocycles. The Balaban J connectivity index is 0.00000288. The molecular formula is C14H23ClN2O5S2. The molecule has 1 aromatic carbocycles. The van der Waals surface area contributed by atoms with Gasteiger partial charge in [-0.15, -0.1) is 12.4 Å². The maximum absolute atomic E-state index is 12.9. The number of nitrogens with two attached hydrogens (primary N) is 1. The lowest BCUT2D eigenvalue weighted by atomic mass is 9.90. The number of benzene rings is 1. The highest BCUT2D eigenvalue weighted by Gasteiger charge is 2.40. The van der Waals surface area contributed by atoms with Gasteiger partial charge in [-0.25, -0.2) is 16.8 Å². The van der Waals surface area contributed by atoms with E-state index >= 15 is 0 Å². The van der Waals surface area contributed by atoms with E-state index in [2.05, 4.69) is 0 Å². The van der Waals surface area contributed by atoms with Crippen molar-refractivity contribution in [2.75, 3.05) is 33.0 Å². The molecule has 0 aliphatic carbocycles. The summed E-state index contributed by atoms with van der Waals surface area (Å²) in [5.74, 6) is 0.124. The molecule has 0 amide bonds. The summed E-state index contributed by atoms with van der Waals surface area (Å²) < 4.78 is 55.7. The topological polar surface area (TPSA) is 107 Å². The molecule has 1 fully saturated rings. The largest absolute Gasteiger partial charge is 0.495 e. The summed E-state index contributed by atoms with van der Waals surface area (Å²) in [6, 6.07) is 3.85. The molecule has 1 atom stereocenters. The fourth-order valence-corrected chi connectivity index (χ4v) is 5.07. The molecule has 1 aliphatic rings. The van der Waals surface area contributed by atoms with Crippen LogP contribution in [0, 0.1) is 5.41 Å². The van der Waals surface area contributed by atoms with Crippen molar-refractivity contribution >= 4 is 32.3 Å². The predicted molar refractivity (Wildman–Crippen MR) is 93.9 cm³/mol. The molecule has 24 heavy (non-hydrogen) atoms. The van der Waals surface area contributed by atoms with Gasteiger partial charge in [0.15, 0.2) is 9.84 Å². The molecule has 1 aromatic rings. The van der Waals surface area contributed by atoms with Crippen molar-refractivity contribution in [1.82, 2.24) is 4.31 Å². The molecular weight excluding hydrogens is 376 g/mol. The molecule has 1 heterocycles. The van der Waals surface area contributed by atoms with Crippen molar-refractivity contribution in [1.29, 1.82) is 0 Å². The van der Waals surface area contributed by atoms with Gasteiger partial charge in [0.1, 0.15) is 10.6 Å². The minimum Gasteiger partial charge on any atom is -0.495 e. The van der Waals surface area contributed by atoms with Crippen LogP contribution in [0.2, 0.25) is 0 Å². The number of ether oxygens (including phenoxy) is 1. The predicted octanol–water partition coefficient (Wildman–Crippen LogP) is 0.880. The zero-order valence-electron chi connectivity index (χ0n) is 13.9. The number of rotatable bonds is 5. The van der Waals surface area contributed by atoms with Crippen LogP contribution in [0.25, 0.3) is 0 Å². The molecule has 2 N–H and O–H groups in total. The number of hydrogen-bond donors (Lipinski definition) is 1. The lowest BCUT2D eigenvalue weighted by Gasteiger charge is -2.23. The highest BCUT2D eigenvalue weighted by atomic mass is 35.5. The monoisotopic (exact) mass is 398 g/mol. The van der Waals surface area contributed by atoms with Gasteiger partial charge in [0.25, 0.3) is 0 Å². The maximum Gasteiger partial charge on any atom is 0.246 e. The third-order valence-electron chi connectivity index (χ3n) is 4.20. The summed E-state index contributed by atoms with van der Waals surface area (Å²) in [4.78, 5) is -0.193. The van der Waals surface area contributed by atoms with Crippen LogP contribution in [-0.4, -0.2) is 54.1 Å².